The largest absolute Gasteiger partial charge is 0.313 e. The molecule has 19 heavy (non-hydrogen) atoms. The summed E-state index contributed by atoms with van der Waals surface area (Å²) in [5, 5.41) is 7.83. The number of hydrogen-bond donors (Lipinski definition) is 1. The normalized spacial score (nSPS) is 10.9. The predicted molar refractivity (Wildman–Crippen MR) is 78.3 cm³/mol. The van der Waals surface area contributed by atoms with Gasteiger partial charge in [-0.05, 0) is 47.1 Å². The summed E-state index contributed by atoms with van der Waals surface area (Å²) >= 11 is 3.21. The molecule has 1 aromatic carbocycles. The van der Waals surface area contributed by atoms with E-state index in [9.17, 15) is 4.39 Å². The lowest BCUT2D eigenvalue weighted by atomic mass is 10.1. The minimum absolute atomic E-state index is 0.259. The zero-order valence-corrected chi connectivity index (χ0v) is 12.7. The Kier molecular flexibility index (Phi) is 4.71. The lowest BCUT2D eigenvalue weighted by molar-refractivity contribution is 0.621. The number of aryl methyl sites for hydroxylation is 1. The summed E-state index contributed by atoms with van der Waals surface area (Å²) in [6.07, 6.45) is 3.09. The average Bonchev–Trinajstić information content (AvgIpc) is 2.74. The van der Waals surface area contributed by atoms with Gasteiger partial charge in [-0.1, -0.05) is 6.92 Å². The first kappa shape index (κ1) is 14.2. The number of nitrogens with one attached hydrogen (secondary N) is 1. The van der Waals surface area contributed by atoms with Crippen molar-refractivity contribution in [3.05, 3.63) is 40.2 Å². The van der Waals surface area contributed by atoms with Gasteiger partial charge in [0.15, 0.2) is 0 Å². The molecule has 0 fully saturated rings. The van der Waals surface area contributed by atoms with Crippen molar-refractivity contribution >= 4 is 15.9 Å². The van der Waals surface area contributed by atoms with Gasteiger partial charge in [0.1, 0.15) is 5.82 Å². The summed E-state index contributed by atoms with van der Waals surface area (Å²) in [6.45, 7) is 3.88. The second-order valence-electron chi connectivity index (χ2n) is 4.48. The smallest absolute Gasteiger partial charge is 0.137 e. The van der Waals surface area contributed by atoms with Crippen LogP contribution in [0.5, 0.6) is 0 Å². The van der Waals surface area contributed by atoms with Crippen LogP contribution < -0.4 is 5.32 Å². The third-order valence-electron chi connectivity index (χ3n) is 2.84. The van der Waals surface area contributed by atoms with Gasteiger partial charge in [0.05, 0.1) is 10.2 Å². The fourth-order valence-corrected chi connectivity index (χ4v) is 2.33. The second kappa shape index (κ2) is 6.30. The van der Waals surface area contributed by atoms with Crippen molar-refractivity contribution in [1.82, 2.24) is 15.1 Å². The average molecular weight is 326 g/mol. The molecule has 1 heterocycles. The van der Waals surface area contributed by atoms with Crippen LogP contribution in [0.3, 0.4) is 0 Å². The Labute approximate surface area is 121 Å². The summed E-state index contributed by atoms with van der Waals surface area (Å²) in [5.41, 5.74) is 2.93. The number of halogens is 2. The van der Waals surface area contributed by atoms with E-state index in [0.29, 0.717) is 4.47 Å². The van der Waals surface area contributed by atoms with E-state index in [1.807, 2.05) is 13.2 Å². The lowest BCUT2D eigenvalue weighted by Gasteiger charge is -2.05. The minimum atomic E-state index is -0.259. The summed E-state index contributed by atoms with van der Waals surface area (Å²) in [4.78, 5) is 0. The third kappa shape index (κ3) is 3.42. The number of nitrogens with zero attached hydrogens (tertiary/aromatic N) is 2. The molecule has 2 rings (SSSR count). The molecule has 1 N–H and O–H groups in total. The minimum Gasteiger partial charge on any atom is -0.313 e. The molecule has 1 aromatic heterocycles. The first-order valence-electron chi connectivity index (χ1n) is 6.30. The summed E-state index contributed by atoms with van der Waals surface area (Å²) in [5.74, 6) is -0.259. The van der Waals surface area contributed by atoms with Crippen LogP contribution in [-0.2, 0) is 13.6 Å². The SMILES string of the molecule is CCCNCc1cn(C)nc1-c1ccc(F)c(Br)c1. The molecule has 0 unspecified atom stereocenters. The van der Waals surface area contributed by atoms with Crippen LogP contribution >= 0.6 is 15.9 Å². The fourth-order valence-electron chi connectivity index (χ4n) is 1.95. The van der Waals surface area contributed by atoms with Gasteiger partial charge in [-0.25, -0.2) is 4.39 Å². The molecular weight excluding hydrogens is 309 g/mol. The molecule has 0 saturated heterocycles. The van der Waals surface area contributed by atoms with E-state index in [0.717, 1.165) is 36.3 Å². The molecule has 3 nitrogen and oxygen atoms in total. The molecule has 0 aliphatic heterocycles. The Bertz CT molecular complexity index is 566. The highest BCUT2D eigenvalue weighted by Gasteiger charge is 2.11. The highest BCUT2D eigenvalue weighted by Crippen LogP contribution is 2.26. The van der Waals surface area contributed by atoms with Crippen LogP contribution in [0.4, 0.5) is 4.39 Å². The van der Waals surface area contributed by atoms with E-state index >= 15 is 0 Å². The number of aromatic nitrogens is 2. The highest BCUT2D eigenvalue weighted by atomic mass is 79.9. The van der Waals surface area contributed by atoms with Gasteiger partial charge in [-0.15, -0.1) is 0 Å². The summed E-state index contributed by atoms with van der Waals surface area (Å²) in [6, 6.07) is 4.98. The quantitative estimate of drug-likeness (QED) is 0.853. The standard InChI is InChI=1S/C14H17BrFN3/c1-3-6-17-8-11-9-19(2)18-14(11)10-4-5-13(16)12(15)7-10/h4-5,7,9,17H,3,6,8H2,1-2H3. The Morgan fingerprint density at radius 3 is 2.89 bits per heavy atom. The van der Waals surface area contributed by atoms with E-state index < -0.39 is 0 Å². The maximum Gasteiger partial charge on any atom is 0.137 e. The van der Waals surface area contributed by atoms with Gasteiger partial charge < -0.3 is 5.32 Å². The number of hydrogen-bond acceptors (Lipinski definition) is 2. The van der Waals surface area contributed by atoms with Gasteiger partial charge in [-0.2, -0.15) is 5.10 Å². The first-order chi connectivity index (χ1) is 9.11. The molecular formula is C14H17BrFN3. The zero-order valence-electron chi connectivity index (χ0n) is 11.1. The molecule has 0 atom stereocenters. The molecule has 0 radical (unpaired) electrons. The van der Waals surface area contributed by atoms with E-state index in [2.05, 4.69) is 33.3 Å². The predicted octanol–water partition coefficient (Wildman–Crippen LogP) is 3.49. The number of benzene rings is 1. The van der Waals surface area contributed by atoms with Crippen molar-refractivity contribution in [2.45, 2.75) is 19.9 Å². The van der Waals surface area contributed by atoms with E-state index in [-0.39, 0.29) is 5.82 Å². The van der Waals surface area contributed by atoms with Crippen molar-refractivity contribution < 1.29 is 4.39 Å². The van der Waals surface area contributed by atoms with Crippen molar-refractivity contribution in [1.29, 1.82) is 0 Å². The molecule has 0 amide bonds. The lowest BCUT2D eigenvalue weighted by Crippen LogP contribution is -2.13. The van der Waals surface area contributed by atoms with Crippen LogP contribution in [0.2, 0.25) is 0 Å². The van der Waals surface area contributed by atoms with Crippen LogP contribution in [0.25, 0.3) is 11.3 Å². The molecule has 0 spiro atoms. The zero-order chi connectivity index (χ0) is 13.8. The molecule has 102 valence electrons. The fraction of sp³-hybridized carbons (Fsp3) is 0.357. The van der Waals surface area contributed by atoms with Crippen molar-refractivity contribution in [3.63, 3.8) is 0 Å². The van der Waals surface area contributed by atoms with Crippen LogP contribution in [-0.4, -0.2) is 16.3 Å². The molecule has 5 heteroatoms. The Hall–Kier alpha value is -1.20. The van der Waals surface area contributed by atoms with E-state index in [1.165, 1.54) is 6.07 Å². The Balaban J connectivity index is 2.29. The van der Waals surface area contributed by atoms with Crippen LogP contribution in [0.1, 0.15) is 18.9 Å². The van der Waals surface area contributed by atoms with Gasteiger partial charge in [0.2, 0.25) is 0 Å². The molecule has 0 saturated carbocycles. The van der Waals surface area contributed by atoms with Gasteiger partial charge in [0, 0.05) is 30.9 Å². The maximum atomic E-state index is 13.3. The van der Waals surface area contributed by atoms with E-state index in [4.69, 9.17) is 0 Å². The summed E-state index contributed by atoms with van der Waals surface area (Å²) in [7, 11) is 1.89. The summed E-state index contributed by atoms with van der Waals surface area (Å²) < 4.78 is 15.5. The number of rotatable bonds is 5. The van der Waals surface area contributed by atoms with Gasteiger partial charge in [-0.3, -0.25) is 4.68 Å². The monoisotopic (exact) mass is 325 g/mol. The third-order valence-corrected chi connectivity index (χ3v) is 3.45. The molecule has 0 bridgehead atoms. The van der Waals surface area contributed by atoms with Crippen molar-refractivity contribution in [2.75, 3.05) is 6.54 Å². The second-order valence-corrected chi connectivity index (χ2v) is 5.34. The first-order valence-corrected chi connectivity index (χ1v) is 7.09. The molecule has 0 aliphatic rings. The molecule has 0 aliphatic carbocycles. The topological polar surface area (TPSA) is 29.9 Å². The molecule has 2 aromatic rings. The highest BCUT2D eigenvalue weighted by molar-refractivity contribution is 9.10. The van der Waals surface area contributed by atoms with Gasteiger partial charge >= 0.3 is 0 Å². The van der Waals surface area contributed by atoms with Crippen molar-refractivity contribution in [2.24, 2.45) is 7.05 Å². The van der Waals surface area contributed by atoms with Crippen LogP contribution in [0.15, 0.2) is 28.9 Å². The maximum absolute atomic E-state index is 13.3. The van der Waals surface area contributed by atoms with Gasteiger partial charge in [0.25, 0.3) is 0 Å². The Morgan fingerprint density at radius 2 is 2.21 bits per heavy atom. The Morgan fingerprint density at radius 1 is 1.42 bits per heavy atom. The van der Waals surface area contributed by atoms with Crippen molar-refractivity contribution in [3.8, 4) is 11.3 Å². The van der Waals surface area contributed by atoms with Crippen LogP contribution in [0, 0.1) is 5.82 Å². The van der Waals surface area contributed by atoms with E-state index in [1.54, 1.807) is 16.8 Å².